The maximum atomic E-state index is 14.9. The van der Waals surface area contributed by atoms with Crippen molar-refractivity contribution in [2.45, 2.75) is 42.6 Å². The molecule has 50 heavy (non-hydrogen) atoms. The van der Waals surface area contributed by atoms with E-state index in [0.717, 1.165) is 26.7 Å². The van der Waals surface area contributed by atoms with Crippen LogP contribution < -0.4 is 0 Å². The van der Waals surface area contributed by atoms with E-state index in [9.17, 15) is 37.5 Å². The average Bonchev–Trinajstić information content (AvgIpc) is 3.87. The number of hydrogen-bond acceptors (Lipinski definition) is 9. The van der Waals surface area contributed by atoms with E-state index in [2.05, 4.69) is 0 Å². The third-order valence-corrected chi connectivity index (χ3v) is 8.77. The molecule has 0 fully saturated rings. The van der Waals surface area contributed by atoms with Gasteiger partial charge >= 0.3 is 24.0 Å². The molecule has 0 aliphatic rings. The number of amides is 1. The van der Waals surface area contributed by atoms with Gasteiger partial charge in [-0.3, -0.25) is 9.59 Å². The number of halogens is 3. The number of nitrogens with zero attached hydrogens (tertiary/aromatic N) is 1. The molecule has 1 amide bonds. The Hall–Kier alpha value is -5.69. The van der Waals surface area contributed by atoms with Crippen molar-refractivity contribution in [3.63, 3.8) is 0 Å². The number of methoxy groups -OCH3 is 2. The van der Waals surface area contributed by atoms with E-state index in [1.54, 1.807) is 42.5 Å². The Morgan fingerprint density at radius 2 is 1.36 bits per heavy atom. The summed E-state index contributed by atoms with van der Waals surface area (Å²) in [7, 11) is 1.74. The standard InChI is InChI=1S/C37H32F3NO9/c1-23(26-17-9-15-24-12-7-8-16-27(24)26)41(33(44)37(38,39)40)28(32(43)47-2)22-35(46,34(45)48-3)36(29-18-10-20-49-29,30-19-11-21-50-30)31(42)25-13-5-4-6-14-25/h4-21,23,28,46H,22H2,1-3H3/t23-,28+,35+/m1/s1. The fourth-order valence-corrected chi connectivity index (χ4v) is 6.50. The molecule has 5 rings (SSSR count). The monoisotopic (exact) mass is 691 g/mol. The molecular weight excluding hydrogens is 659 g/mol. The number of benzene rings is 3. The zero-order valence-electron chi connectivity index (χ0n) is 27.0. The van der Waals surface area contributed by atoms with Crippen LogP contribution in [0.25, 0.3) is 10.8 Å². The molecule has 0 radical (unpaired) electrons. The Bertz CT molecular complexity index is 1930. The summed E-state index contributed by atoms with van der Waals surface area (Å²) in [5, 5.41) is 14.0. The molecule has 3 atom stereocenters. The van der Waals surface area contributed by atoms with Crippen molar-refractivity contribution in [3.05, 3.63) is 132 Å². The molecule has 0 saturated carbocycles. The summed E-state index contributed by atoms with van der Waals surface area (Å²) >= 11 is 0. The highest BCUT2D eigenvalue weighted by Gasteiger charge is 2.68. The van der Waals surface area contributed by atoms with E-state index >= 15 is 0 Å². The van der Waals surface area contributed by atoms with Crippen LogP contribution in [0.2, 0.25) is 0 Å². The first-order chi connectivity index (χ1) is 23.8. The van der Waals surface area contributed by atoms with Gasteiger partial charge in [-0.15, -0.1) is 0 Å². The van der Waals surface area contributed by atoms with Gasteiger partial charge in [-0.1, -0.05) is 72.8 Å². The minimum atomic E-state index is -5.55. The van der Waals surface area contributed by atoms with Crippen molar-refractivity contribution in [2.24, 2.45) is 0 Å². The Balaban J connectivity index is 1.82. The number of rotatable bonds is 12. The number of carbonyl (C=O) groups is 4. The molecule has 5 aromatic rings. The van der Waals surface area contributed by atoms with Gasteiger partial charge in [0.05, 0.1) is 32.8 Å². The van der Waals surface area contributed by atoms with Gasteiger partial charge in [0.2, 0.25) is 0 Å². The second kappa shape index (κ2) is 14.0. The van der Waals surface area contributed by atoms with Crippen LogP contribution in [0.3, 0.4) is 0 Å². The molecule has 0 aliphatic carbocycles. The van der Waals surface area contributed by atoms with Crippen LogP contribution >= 0.6 is 0 Å². The number of furan rings is 2. The predicted molar refractivity (Wildman–Crippen MR) is 172 cm³/mol. The third-order valence-electron chi connectivity index (χ3n) is 8.77. The van der Waals surface area contributed by atoms with Gasteiger partial charge < -0.3 is 28.3 Å². The van der Waals surface area contributed by atoms with Crippen molar-refractivity contribution in [3.8, 4) is 0 Å². The van der Waals surface area contributed by atoms with Crippen molar-refractivity contribution in [2.75, 3.05) is 14.2 Å². The first kappa shape index (κ1) is 35.6. The smallest absolute Gasteiger partial charge is 0.468 e. The third kappa shape index (κ3) is 6.04. The van der Waals surface area contributed by atoms with E-state index in [0.29, 0.717) is 10.8 Å². The molecule has 0 bridgehead atoms. The zero-order valence-corrected chi connectivity index (χ0v) is 27.0. The maximum Gasteiger partial charge on any atom is 0.471 e. The molecule has 0 aliphatic heterocycles. The summed E-state index contributed by atoms with van der Waals surface area (Å²) < 4.78 is 64.9. The van der Waals surface area contributed by atoms with Crippen LogP contribution in [-0.2, 0) is 29.3 Å². The maximum absolute atomic E-state index is 14.9. The normalized spacial score (nSPS) is 14.3. The Kier molecular flexibility index (Phi) is 10.0. The molecule has 3 aromatic carbocycles. The van der Waals surface area contributed by atoms with E-state index in [1.807, 2.05) is 0 Å². The largest absolute Gasteiger partial charge is 0.471 e. The lowest BCUT2D eigenvalue weighted by Crippen LogP contribution is -2.66. The first-order valence-electron chi connectivity index (χ1n) is 15.3. The molecule has 1 N–H and O–H groups in total. The fraction of sp³-hybridized carbons (Fsp3) is 0.243. The van der Waals surface area contributed by atoms with Crippen molar-refractivity contribution >= 4 is 34.4 Å². The summed E-state index contributed by atoms with van der Waals surface area (Å²) in [6.07, 6.45) is -4.62. The lowest BCUT2D eigenvalue weighted by molar-refractivity contribution is -0.197. The summed E-state index contributed by atoms with van der Waals surface area (Å²) in [6, 6.07) is 20.2. The summed E-state index contributed by atoms with van der Waals surface area (Å²) in [4.78, 5) is 56.3. The highest BCUT2D eigenvalue weighted by Crippen LogP contribution is 2.49. The van der Waals surface area contributed by atoms with Gasteiger partial charge in [0, 0.05) is 12.0 Å². The van der Waals surface area contributed by atoms with Crippen LogP contribution in [0, 0.1) is 0 Å². The van der Waals surface area contributed by atoms with E-state index < -0.39 is 59.3 Å². The number of Topliss-reactive ketones (excluding diaryl/α,β-unsaturated/α-hetero) is 1. The molecule has 260 valence electrons. The molecule has 10 nitrogen and oxygen atoms in total. The minimum Gasteiger partial charge on any atom is -0.468 e. The number of ketones is 1. The van der Waals surface area contributed by atoms with Gasteiger partial charge in [0.25, 0.3) is 0 Å². The first-order valence-corrected chi connectivity index (χ1v) is 15.3. The average molecular weight is 692 g/mol. The van der Waals surface area contributed by atoms with Gasteiger partial charge in [-0.2, -0.15) is 13.2 Å². The lowest BCUT2D eigenvalue weighted by atomic mass is 9.61. The van der Waals surface area contributed by atoms with Crippen LogP contribution in [0.15, 0.2) is 118 Å². The number of hydrogen-bond donors (Lipinski definition) is 1. The van der Waals surface area contributed by atoms with Crippen LogP contribution in [0.1, 0.15) is 46.8 Å². The number of carbonyl (C=O) groups excluding carboxylic acids is 4. The van der Waals surface area contributed by atoms with E-state index in [1.165, 1.54) is 61.5 Å². The molecule has 13 heteroatoms. The fourth-order valence-electron chi connectivity index (χ4n) is 6.50. The van der Waals surface area contributed by atoms with Crippen molar-refractivity contribution in [1.29, 1.82) is 0 Å². The molecular formula is C37H32F3NO9. The topological polar surface area (TPSA) is 136 Å². The minimum absolute atomic E-state index is 0.0791. The van der Waals surface area contributed by atoms with Gasteiger partial charge in [-0.05, 0) is 47.5 Å². The van der Waals surface area contributed by atoms with Crippen molar-refractivity contribution in [1.82, 2.24) is 4.90 Å². The molecule has 0 saturated heterocycles. The number of ether oxygens (including phenoxy) is 2. The van der Waals surface area contributed by atoms with Gasteiger partial charge in [-0.25, -0.2) is 9.59 Å². The second-order valence-electron chi connectivity index (χ2n) is 11.4. The number of esters is 2. The Morgan fingerprint density at radius 1 is 0.780 bits per heavy atom. The summed E-state index contributed by atoms with van der Waals surface area (Å²) in [6.45, 7) is 1.26. The molecule has 0 spiro atoms. The number of alkyl halides is 3. The number of aliphatic hydroxyl groups is 1. The van der Waals surface area contributed by atoms with Crippen LogP contribution in [0.5, 0.6) is 0 Å². The Labute approximate surface area is 284 Å². The van der Waals surface area contributed by atoms with Crippen molar-refractivity contribution < 1.29 is 55.8 Å². The lowest BCUT2D eigenvalue weighted by Gasteiger charge is -2.45. The molecule has 0 unspecified atom stereocenters. The zero-order chi connectivity index (χ0) is 36.3. The SMILES string of the molecule is COC(=O)[C@H](C[C@](O)(C(=O)OC)C(C(=O)c1ccccc1)(c1ccco1)c1ccco1)N(C(=O)C(F)(F)F)[C@H](C)c1cccc2ccccc12. The molecule has 2 heterocycles. The van der Waals surface area contributed by atoms with E-state index in [4.69, 9.17) is 18.3 Å². The highest BCUT2D eigenvalue weighted by molar-refractivity contribution is 6.10. The van der Waals surface area contributed by atoms with Gasteiger partial charge in [0.1, 0.15) is 17.6 Å². The number of fused-ring (bicyclic) bond motifs is 1. The quantitative estimate of drug-likeness (QED) is 0.120. The van der Waals surface area contributed by atoms with Crippen LogP contribution in [-0.4, -0.2) is 65.7 Å². The Morgan fingerprint density at radius 3 is 1.90 bits per heavy atom. The summed E-state index contributed by atoms with van der Waals surface area (Å²) in [5.41, 5.74) is -5.92. The predicted octanol–water partition coefficient (Wildman–Crippen LogP) is 6.18. The van der Waals surface area contributed by atoms with E-state index in [-0.39, 0.29) is 27.5 Å². The second-order valence-corrected chi connectivity index (χ2v) is 11.4. The van der Waals surface area contributed by atoms with Crippen LogP contribution in [0.4, 0.5) is 13.2 Å². The highest BCUT2D eigenvalue weighted by atomic mass is 19.4. The molecule has 2 aromatic heterocycles. The summed E-state index contributed by atoms with van der Waals surface area (Å²) in [5.74, 6) is -7.23. The van der Waals surface area contributed by atoms with Gasteiger partial charge in [0.15, 0.2) is 16.8 Å².